The van der Waals surface area contributed by atoms with E-state index in [-0.39, 0.29) is 19.1 Å². The SMILES string of the molecule is COc1ccc(CN(C(=O)OC(C)(C)C)c2ccc3c(n2)CNC(=O)N3)c(OC)c1. The number of hydrogen-bond donors (Lipinski definition) is 2. The fourth-order valence-corrected chi connectivity index (χ4v) is 2.93. The third kappa shape index (κ3) is 4.91. The molecule has 0 atom stereocenters. The van der Waals surface area contributed by atoms with Crippen LogP contribution in [0.5, 0.6) is 11.5 Å². The van der Waals surface area contributed by atoms with Crippen molar-refractivity contribution < 1.29 is 23.8 Å². The molecule has 0 aliphatic carbocycles. The smallest absolute Gasteiger partial charge is 0.416 e. The second-order valence-electron chi connectivity index (χ2n) is 7.72. The zero-order valence-electron chi connectivity index (χ0n) is 17.7. The number of anilines is 2. The molecule has 9 heteroatoms. The molecule has 2 heterocycles. The van der Waals surface area contributed by atoms with Crippen LogP contribution >= 0.6 is 0 Å². The zero-order chi connectivity index (χ0) is 21.9. The number of nitrogens with zero attached hydrogens (tertiary/aromatic N) is 2. The quantitative estimate of drug-likeness (QED) is 0.774. The predicted molar refractivity (Wildman–Crippen MR) is 112 cm³/mol. The maximum Gasteiger partial charge on any atom is 0.416 e. The number of ether oxygens (including phenoxy) is 3. The van der Waals surface area contributed by atoms with Gasteiger partial charge in [-0.1, -0.05) is 0 Å². The molecule has 3 rings (SSSR count). The summed E-state index contributed by atoms with van der Waals surface area (Å²) in [6.07, 6.45) is -0.541. The Labute approximate surface area is 175 Å². The molecule has 30 heavy (non-hydrogen) atoms. The number of hydrogen-bond acceptors (Lipinski definition) is 6. The number of nitrogens with one attached hydrogen (secondary N) is 2. The van der Waals surface area contributed by atoms with Gasteiger partial charge in [-0.05, 0) is 45.0 Å². The molecule has 1 aromatic carbocycles. The summed E-state index contributed by atoms with van der Waals surface area (Å²) in [4.78, 5) is 30.5. The van der Waals surface area contributed by atoms with Crippen LogP contribution in [-0.2, 0) is 17.8 Å². The second-order valence-corrected chi connectivity index (χ2v) is 7.72. The number of rotatable bonds is 5. The molecule has 3 amide bonds. The Bertz CT molecular complexity index is 955. The zero-order valence-corrected chi connectivity index (χ0v) is 17.7. The Balaban J connectivity index is 1.97. The van der Waals surface area contributed by atoms with Crippen molar-refractivity contribution in [1.82, 2.24) is 10.3 Å². The van der Waals surface area contributed by atoms with Gasteiger partial charge in [0.2, 0.25) is 0 Å². The summed E-state index contributed by atoms with van der Waals surface area (Å²) in [7, 11) is 3.13. The molecule has 0 unspecified atom stereocenters. The summed E-state index contributed by atoms with van der Waals surface area (Å²) in [5.74, 6) is 1.63. The highest BCUT2D eigenvalue weighted by molar-refractivity contribution is 5.92. The van der Waals surface area contributed by atoms with Crippen molar-refractivity contribution in [2.24, 2.45) is 0 Å². The molecule has 9 nitrogen and oxygen atoms in total. The number of carbonyl (C=O) groups is 2. The van der Waals surface area contributed by atoms with Crippen LogP contribution < -0.4 is 25.0 Å². The van der Waals surface area contributed by atoms with Crippen LogP contribution in [0.15, 0.2) is 30.3 Å². The average Bonchev–Trinajstić information content (AvgIpc) is 2.70. The number of carbonyl (C=O) groups excluding carboxylic acids is 2. The van der Waals surface area contributed by atoms with Gasteiger partial charge in [-0.15, -0.1) is 0 Å². The van der Waals surface area contributed by atoms with Crippen molar-refractivity contribution in [2.75, 3.05) is 24.4 Å². The maximum atomic E-state index is 13.0. The van der Waals surface area contributed by atoms with Gasteiger partial charge in [0, 0.05) is 11.6 Å². The molecule has 1 aliphatic rings. The first-order valence-electron chi connectivity index (χ1n) is 9.46. The van der Waals surface area contributed by atoms with Gasteiger partial charge in [-0.3, -0.25) is 4.90 Å². The van der Waals surface area contributed by atoms with Gasteiger partial charge in [0.15, 0.2) is 0 Å². The lowest BCUT2D eigenvalue weighted by atomic mass is 10.1. The van der Waals surface area contributed by atoms with E-state index in [4.69, 9.17) is 14.2 Å². The summed E-state index contributed by atoms with van der Waals surface area (Å²) in [5, 5.41) is 5.36. The van der Waals surface area contributed by atoms with Gasteiger partial charge in [0.05, 0.1) is 38.7 Å². The minimum atomic E-state index is -0.678. The summed E-state index contributed by atoms with van der Waals surface area (Å²) in [6.45, 7) is 5.85. The van der Waals surface area contributed by atoms with Crippen LogP contribution in [0.25, 0.3) is 0 Å². The maximum absolute atomic E-state index is 13.0. The van der Waals surface area contributed by atoms with Crippen molar-refractivity contribution >= 4 is 23.6 Å². The molecule has 0 radical (unpaired) electrons. The molecule has 2 N–H and O–H groups in total. The fourth-order valence-electron chi connectivity index (χ4n) is 2.93. The Morgan fingerprint density at radius 1 is 1.17 bits per heavy atom. The summed E-state index contributed by atoms with van der Waals surface area (Å²) in [5.41, 5.74) is 1.31. The molecule has 1 aliphatic heterocycles. The molecule has 2 aromatic rings. The molecular weight excluding hydrogens is 388 g/mol. The van der Waals surface area contributed by atoms with Gasteiger partial charge in [0.25, 0.3) is 0 Å². The van der Waals surface area contributed by atoms with Crippen molar-refractivity contribution in [1.29, 1.82) is 0 Å². The van der Waals surface area contributed by atoms with Gasteiger partial charge >= 0.3 is 12.1 Å². The van der Waals surface area contributed by atoms with E-state index in [1.807, 2.05) is 6.07 Å². The number of benzene rings is 1. The van der Waals surface area contributed by atoms with Crippen LogP contribution in [0.1, 0.15) is 32.0 Å². The van der Waals surface area contributed by atoms with E-state index in [2.05, 4.69) is 15.6 Å². The number of pyridine rings is 1. The predicted octanol–water partition coefficient (Wildman–Crippen LogP) is 3.68. The first-order valence-corrected chi connectivity index (χ1v) is 9.46. The van der Waals surface area contributed by atoms with E-state index < -0.39 is 11.7 Å². The highest BCUT2D eigenvalue weighted by Crippen LogP contribution is 2.29. The molecule has 0 saturated carbocycles. The van der Waals surface area contributed by atoms with E-state index >= 15 is 0 Å². The number of fused-ring (bicyclic) bond motifs is 1. The Hall–Kier alpha value is -3.49. The van der Waals surface area contributed by atoms with Crippen molar-refractivity contribution in [3.05, 3.63) is 41.6 Å². The van der Waals surface area contributed by atoms with E-state index in [1.165, 1.54) is 4.90 Å². The van der Waals surface area contributed by atoms with Gasteiger partial charge in [0.1, 0.15) is 22.9 Å². The summed E-state index contributed by atoms with van der Waals surface area (Å²) >= 11 is 0. The number of aromatic nitrogens is 1. The largest absolute Gasteiger partial charge is 0.497 e. The van der Waals surface area contributed by atoms with Crippen LogP contribution in [0.4, 0.5) is 21.1 Å². The summed E-state index contributed by atoms with van der Waals surface area (Å²) in [6, 6.07) is 8.48. The minimum Gasteiger partial charge on any atom is -0.497 e. The first-order chi connectivity index (χ1) is 14.2. The lowest BCUT2D eigenvalue weighted by molar-refractivity contribution is 0.0576. The van der Waals surface area contributed by atoms with E-state index in [1.54, 1.807) is 59.3 Å². The highest BCUT2D eigenvalue weighted by atomic mass is 16.6. The molecule has 0 fully saturated rings. The number of methoxy groups -OCH3 is 2. The standard InChI is InChI=1S/C21H26N4O5/c1-21(2,3)30-20(27)25(12-13-6-7-14(28-4)10-17(13)29-5)18-9-8-15-16(23-18)11-22-19(26)24-15/h6-10H,11-12H2,1-5H3,(H2,22,24,26). The Morgan fingerprint density at radius 3 is 2.60 bits per heavy atom. The Morgan fingerprint density at radius 2 is 1.93 bits per heavy atom. The van der Waals surface area contributed by atoms with E-state index in [0.29, 0.717) is 28.7 Å². The molecule has 0 bridgehead atoms. The first kappa shape index (κ1) is 21.2. The van der Waals surface area contributed by atoms with Crippen LogP contribution in [0.2, 0.25) is 0 Å². The van der Waals surface area contributed by atoms with Crippen LogP contribution in [0, 0.1) is 0 Å². The number of amides is 3. The molecule has 0 spiro atoms. The van der Waals surface area contributed by atoms with E-state index in [0.717, 1.165) is 5.56 Å². The normalized spacial score (nSPS) is 12.9. The van der Waals surface area contributed by atoms with Crippen molar-refractivity contribution in [3.63, 3.8) is 0 Å². The lowest BCUT2D eigenvalue weighted by Gasteiger charge is -2.28. The number of urea groups is 1. The van der Waals surface area contributed by atoms with Crippen molar-refractivity contribution in [3.8, 4) is 11.5 Å². The molecule has 0 saturated heterocycles. The highest BCUT2D eigenvalue weighted by Gasteiger charge is 2.27. The lowest BCUT2D eigenvalue weighted by Crippen LogP contribution is -2.38. The average molecular weight is 414 g/mol. The fraction of sp³-hybridized carbons (Fsp3) is 0.381. The van der Waals surface area contributed by atoms with E-state index in [9.17, 15) is 9.59 Å². The van der Waals surface area contributed by atoms with Gasteiger partial charge in [-0.2, -0.15) is 0 Å². The summed E-state index contributed by atoms with van der Waals surface area (Å²) < 4.78 is 16.3. The van der Waals surface area contributed by atoms with Gasteiger partial charge in [-0.25, -0.2) is 14.6 Å². The minimum absolute atomic E-state index is 0.174. The Kier molecular flexibility index (Phi) is 6.00. The topological polar surface area (TPSA) is 102 Å². The van der Waals surface area contributed by atoms with Crippen LogP contribution in [-0.4, -0.2) is 36.9 Å². The second kappa shape index (κ2) is 8.48. The van der Waals surface area contributed by atoms with Gasteiger partial charge < -0.3 is 24.8 Å². The molecule has 1 aromatic heterocycles. The van der Waals surface area contributed by atoms with Crippen LogP contribution in [0.3, 0.4) is 0 Å². The third-order valence-electron chi connectivity index (χ3n) is 4.34. The van der Waals surface area contributed by atoms with Crippen molar-refractivity contribution in [2.45, 2.75) is 39.5 Å². The molecule has 160 valence electrons. The third-order valence-corrected chi connectivity index (χ3v) is 4.34. The monoisotopic (exact) mass is 414 g/mol. The molecular formula is C21H26N4O5.